The van der Waals surface area contributed by atoms with Gasteiger partial charge in [0.1, 0.15) is 0 Å². The Labute approximate surface area is 137 Å². The fourth-order valence-corrected chi connectivity index (χ4v) is 3.21. The van der Waals surface area contributed by atoms with Crippen molar-refractivity contribution in [3.05, 3.63) is 35.4 Å². The molecule has 1 aromatic carbocycles. The minimum absolute atomic E-state index is 0.145. The van der Waals surface area contributed by atoms with E-state index in [1.165, 1.54) is 25.0 Å². The molecule has 1 aliphatic rings. The Morgan fingerprint density at radius 3 is 2.35 bits per heavy atom. The highest BCUT2D eigenvalue weighted by Gasteiger charge is 2.33. The van der Waals surface area contributed by atoms with Gasteiger partial charge >= 0.3 is 5.97 Å². The van der Waals surface area contributed by atoms with Crippen LogP contribution in [0.1, 0.15) is 59.7 Å². The van der Waals surface area contributed by atoms with Crippen LogP contribution in [0, 0.1) is 5.41 Å². The third-order valence-electron chi connectivity index (χ3n) is 4.66. The Bertz CT molecular complexity index is 532. The van der Waals surface area contributed by atoms with Crippen LogP contribution in [0.5, 0.6) is 0 Å². The molecule has 1 aliphatic carbocycles. The van der Waals surface area contributed by atoms with E-state index in [0.717, 1.165) is 32.5 Å². The number of hydrogen-bond acceptors (Lipinski definition) is 3. The highest BCUT2D eigenvalue weighted by molar-refractivity contribution is 5.95. The number of rotatable bonds is 8. The normalized spacial score (nSPS) is 16.2. The van der Waals surface area contributed by atoms with E-state index in [9.17, 15) is 9.59 Å². The second kappa shape index (κ2) is 8.11. The summed E-state index contributed by atoms with van der Waals surface area (Å²) in [6.45, 7) is 4.10. The zero-order chi connectivity index (χ0) is 16.7. The van der Waals surface area contributed by atoms with Crippen molar-refractivity contribution in [3.63, 3.8) is 0 Å². The minimum atomic E-state index is -0.988. The summed E-state index contributed by atoms with van der Waals surface area (Å²) in [5.74, 6) is -1.14. The molecule has 0 bridgehead atoms. The fourth-order valence-electron chi connectivity index (χ4n) is 3.21. The molecule has 1 aromatic rings. The van der Waals surface area contributed by atoms with E-state index in [2.05, 4.69) is 5.32 Å². The summed E-state index contributed by atoms with van der Waals surface area (Å²) in [4.78, 5) is 23.1. The van der Waals surface area contributed by atoms with Crippen LogP contribution < -0.4 is 5.32 Å². The molecular formula is C18H25NO4. The largest absolute Gasteiger partial charge is 0.478 e. The van der Waals surface area contributed by atoms with Gasteiger partial charge in [-0.2, -0.15) is 0 Å². The van der Waals surface area contributed by atoms with E-state index in [4.69, 9.17) is 9.84 Å². The number of benzene rings is 1. The molecule has 1 saturated carbocycles. The lowest BCUT2D eigenvalue weighted by Gasteiger charge is -2.29. The summed E-state index contributed by atoms with van der Waals surface area (Å²) in [5, 5.41) is 11.9. The molecule has 2 rings (SSSR count). The minimum Gasteiger partial charge on any atom is -0.478 e. The maximum absolute atomic E-state index is 12.3. The van der Waals surface area contributed by atoms with Gasteiger partial charge in [-0.25, -0.2) is 4.79 Å². The van der Waals surface area contributed by atoms with Gasteiger partial charge in [0, 0.05) is 25.3 Å². The van der Waals surface area contributed by atoms with Gasteiger partial charge in [-0.3, -0.25) is 4.79 Å². The quantitative estimate of drug-likeness (QED) is 0.722. The molecule has 0 atom stereocenters. The average Bonchev–Trinajstić information content (AvgIpc) is 3.02. The number of hydrogen-bond donors (Lipinski definition) is 2. The van der Waals surface area contributed by atoms with Crippen molar-refractivity contribution >= 4 is 11.9 Å². The zero-order valence-corrected chi connectivity index (χ0v) is 13.6. The van der Waals surface area contributed by atoms with Gasteiger partial charge < -0.3 is 15.2 Å². The monoisotopic (exact) mass is 319 g/mol. The molecule has 2 N–H and O–H groups in total. The predicted molar refractivity (Wildman–Crippen MR) is 87.7 cm³/mol. The Morgan fingerprint density at radius 2 is 1.78 bits per heavy atom. The molecule has 5 nitrogen and oxygen atoms in total. The van der Waals surface area contributed by atoms with Crippen LogP contribution in [-0.2, 0) is 4.74 Å². The van der Waals surface area contributed by atoms with Gasteiger partial charge in [0.05, 0.1) is 5.56 Å². The molecule has 1 fully saturated rings. The van der Waals surface area contributed by atoms with E-state index in [0.29, 0.717) is 12.1 Å². The molecular weight excluding hydrogens is 294 g/mol. The SMILES string of the molecule is CCOCCC1(CNC(=O)c2ccc(C(=O)O)cc2)CCCC1. The summed E-state index contributed by atoms with van der Waals surface area (Å²) >= 11 is 0. The number of aromatic carboxylic acids is 1. The first-order valence-corrected chi connectivity index (χ1v) is 8.26. The third-order valence-corrected chi connectivity index (χ3v) is 4.66. The summed E-state index contributed by atoms with van der Waals surface area (Å²) in [6.07, 6.45) is 5.63. The molecule has 23 heavy (non-hydrogen) atoms. The van der Waals surface area contributed by atoms with Crippen molar-refractivity contribution in [1.82, 2.24) is 5.32 Å². The highest BCUT2D eigenvalue weighted by Crippen LogP contribution is 2.40. The molecule has 0 radical (unpaired) electrons. The van der Waals surface area contributed by atoms with Crippen LogP contribution in [0.4, 0.5) is 0 Å². The van der Waals surface area contributed by atoms with Crippen molar-refractivity contribution < 1.29 is 19.4 Å². The third kappa shape index (κ3) is 4.79. The van der Waals surface area contributed by atoms with Crippen LogP contribution in [-0.4, -0.2) is 36.7 Å². The van der Waals surface area contributed by atoms with E-state index in [1.54, 1.807) is 12.1 Å². The first-order chi connectivity index (χ1) is 11.1. The van der Waals surface area contributed by atoms with E-state index in [1.807, 2.05) is 6.92 Å². The van der Waals surface area contributed by atoms with Crippen LogP contribution >= 0.6 is 0 Å². The fraction of sp³-hybridized carbons (Fsp3) is 0.556. The molecule has 5 heteroatoms. The molecule has 0 aliphatic heterocycles. The second-order valence-corrected chi connectivity index (χ2v) is 6.22. The highest BCUT2D eigenvalue weighted by atomic mass is 16.5. The van der Waals surface area contributed by atoms with Crippen LogP contribution in [0.15, 0.2) is 24.3 Å². The van der Waals surface area contributed by atoms with Gasteiger partial charge in [-0.05, 0) is 55.9 Å². The lowest BCUT2D eigenvalue weighted by molar-refractivity contribution is 0.0696. The number of amides is 1. The lowest BCUT2D eigenvalue weighted by Crippen LogP contribution is -2.36. The summed E-state index contributed by atoms with van der Waals surface area (Å²) < 4.78 is 5.48. The summed E-state index contributed by atoms with van der Waals surface area (Å²) in [6, 6.07) is 6.02. The molecule has 0 heterocycles. The topological polar surface area (TPSA) is 75.6 Å². The average molecular weight is 319 g/mol. The number of carboxylic acid groups (broad SMARTS) is 1. The molecule has 0 aromatic heterocycles. The second-order valence-electron chi connectivity index (χ2n) is 6.22. The molecule has 126 valence electrons. The van der Waals surface area contributed by atoms with Gasteiger partial charge in [-0.1, -0.05) is 12.8 Å². The van der Waals surface area contributed by atoms with Crippen LogP contribution in [0.25, 0.3) is 0 Å². The Hall–Kier alpha value is -1.88. The molecule has 0 saturated heterocycles. The standard InChI is InChI=1S/C18H25NO4/c1-2-23-12-11-18(9-3-4-10-18)13-19-16(20)14-5-7-15(8-6-14)17(21)22/h5-8H,2-4,9-13H2,1H3,(H,19,20)(H,21,22). The maximum atomic E-state index is 12.3. The molecule has 0 spiro atoms. The van der Waals surface area contributed by atoms with Gasteiger partial charge in [0.15, 0.2) is 0 Å². The lowest BCUT2D eigenvalue weighted by atomic mass is 9.83. The number of carboxylic acids is 1. The first-order valence-electron chi connectivity index (χ1n) is 8.26. The summed E-state index contributed by atoms with van der Waals surface area (Å²) in [5.41, 5.74) is 0.824. The van der Waals surface area contributed by atoms with Crippen LogP contribution in [0.3, 0.4) is 0 Å². The van der Waals surface area contributed by atoms with Gasteiger partial charge in [0.2, 0.25) is 0 Å². The predicted octanol–water partition coefficient (Wildman–Crippen LogP) is 3.10. The van der Waals surface area contributed by atoms with E-state index < -0.39 is 5.97 Å². The first kappa shape index (κ1) is 17.5. The zero-order valence-electron chi connectivity index (χ0n) is 13.6. The van der Waals surface area contributed by atoms with Crippen molar-refractivity contribution in [1.29, 1.82) is 0 Å². The Morgan fingerprint density at radius 1 is 1.17 bits per heavy atom. The molecule has 1 amide bonds. The Kier molecular flexibility index (Phi) is 6.16. The van der Waals surface area contributed by atoms with Crippen molar-refractivity contribution in [2.45, 2.75) is 39.0 Å². The number of carbonyl (C=O) groups is 2. The molecule has 0 unspecified atom stereocenters. The number of ether oxygens (including phenoxy) is 1. The smallest absolute Gasteiger partial charge is 0.335 e. The van der Waals surface area contributed by atoms with Crippen molar-refractivity contribution in [2.75, 3.05) is 19.8 Å². The van der Waals surface area contributed by atoms with Crippen LogP contribution in [0.2, 0.25) is 0 Å². The van der Waals surface area contributed by atoms with Gasteiger partial charge in [-0.15, -0.1) is 0 Å². The number of carbonyl (C=O) groups excluding carboxylic acids is 1. The number of nitrogens with one attached hydrogen (secondary N) is 1. The van der Waals surface area contributed by atoms with E-state index >= 15 is 0 Å². The summed E-state index contributed by atoms with van der Waals surface area (Å²) in [7, 11) is 0. The maximum Gasteiger partial charge on any atom is 0.335 e. The van der Waals surface area contributed by atoms with E-state index in [-0.39, 0.29) is 16.9 Å². The van der Waals surface area contributed by atoms with Crippen molar-refractivity contribution in [3.8, 4) is 0 Å². The van der Waals surface area contributed by atoms with Crippen molar-refractivity contribution in [2.24, 2.45) is 5.41 Å². The van der Waals surface area contributed by atoms with Gasteiger partial charge in [0.25, 0.3) is 5.91 Å². The Balaban J connectivity index is 1.92.